The van der Waals surface area contributed by atoms with Crippen molar-refractivity contribution < 1.29 is 9.13 Å². The van der Waals surface area contributed by atoms with Gasteiger partial charge >= 0.3 is 0 Å². The van der Waals surface area contributed by atoms with Crippen molar-refractivity contribution in [1.82, 2.24) is 10.2 Å². The summed E-state index contributed by atoms with van der Waals surface area (Å²) in [6.45, 7) is 3.53. The molecule has 136 valence electrons. The van der Waals surface area contributed by atoms with E-state index in [0.29, 0.717) is 0 Å². The number of rotatable bonds is 6. The third-order valence-corrected chi connectivity index (χ3v) is 4.37. The lowest BCUT2D eigenvalue weighted by atomic mass is 9.96. The van der Waals surface area contributed by atoms with E-state index in [2.05, 4.69) is 22.3 Å². The van der Waals surface area contributed by atoms with E-state index in [0.717, 1.165) is 50.2 Å². The monoisotopic (exact) mass is 449 g/mol. The molecular weight excluding hydrogens is 420 g/mol. The molecule has 0 aliphatic carbocycles. The van der Waals surface area contributed by atoms with Crippen LogP contribution in [-0.2, 0) is 11.2 Å². The van der Waals surface area contributed by atoms with Gasteiger partial charge in [0, 0.05) is 40.4 Å². The van der Waals surface area contributed by atoms with E-state index < -0.39 is 0 Å². The van der Waals surface area contributed by atoms with Gasteiger partial charge in [0.15, 0.2) is 5.96 Å². The minimum Gasteiger partial charge on any atom is -0.381 e. The fourth-order valence-corrected chi connectivity index (χ4v) is 2.91. The van der Waals surface area contributed by atoms with Crippen LogP contribution in [0.4, 0.5) is 4.39 Å². The lowest BCUT2D eigenvalue weighted by Gasteiger charge is -2.26. The van der Waals surface area contributed by atoms with Gasteiger partial charge in [-0.25, -0.2) is 4.39 Å². The molecule has 0 unspecified atom stereocenters. The minimum absolute atomic E-state index is 0. The lowest BCUT2D eigenvalue weighted by Crippen LogP contribution is -2.40. The number of hydrogen-bond acceptors (Lipinski definition) is 2. The lowest BCUT2D eigenvalue weighted by molar-refractivity contribution is 0.0625. The highest BCUT2D eigenvalue weighted by Crippen LogP contribution is 2.18. The second-order valence-corrected chi connectivity index (χ2v) is 6.12. The summed E-state index contributed by atoms with van der Waals surface area (Å²) in [7, 11) is 3.87. The van der Waals surface area contributed by atoms with Crippen molar-refractivity contribution in [2.24, 2.45) is 10.9 Å². The Labute approximate surface area is 161 Å². The van der Waals surface area contributed by atoms with Gasteiger partial charge in [0.05, 0.1) is 0 Å². The summed E-state index contributed by atoms with van der Waals surface area (Å²) in [6.07, 6.45) is 4.29. The Bertz CT molecular complexity index is 507. The molecule has 2 rings (SSSR count). The van der Waals surface area contributed by atoms with Crippen LogP contribution < -0.4 is 5.32 Å². The van der Waals surface area contributed by atoms with Crippen LogP contribution >= 0.6 is 24.0 Å². The smallest absolute Gasteiger partial charge is 0.193 e. The number of nitrogens with one attached hydrogen (secondary N) is 1. The topological polar surface area (TPSA) is 36.9 Å². The van der Waals surface area contributed by atoms with Gasteiger partial charge in [-0.1, -0.05) is 12.1 Å². The summed E-state index contributed by atoms with van der Waals surface area (Å²) in [5.74, 6) is 1.48. The molecule has 1 aromatic rings. The van der Waals surface area contributed by atoms with Crippen molar-refractivity contribution in [3.05, 3.63) is 35.6 Å². The van der Waals surface area contributed by atoms with E-state index in [1.807, 2.05) is 6.07 Å². The van der Waals surface area contributed by atoms with Crippen molar-refractivity contribution in [2.75, 3.05) is 40.4 Å². The zero-order chi connectivity index (χ0) is 16.5. The average Bonchev–Trinajstić information content (AvgIpc) is 2.57. The number of nitrogens with zero attached hydrogens (tertiary/aromatic N) is 2. The van der Waals surface area contributed by atoms with Crippen molar-refractivity contribution >= 4 is 29.9 Å². The quantitative estimate of drug-likeness (QED) is 0.412. The van der Waals surface area contributed by atoms with Crippen molar-refractivity contribution in [3.63, 3.8) is 0 Å². The summed E-state index contributed by atoms with van der Waals surface area (Å²) in [6, 6.07) is 6.75. The Balaban J connectivity index is 0.00000288. The predicted molar refractivity (Wildman–Crippen MR) is 108 cm³/mol. The van der Waals surface area contributed by atoms with E-state index in [9.17, 15) is 4.39 Å². The standard InChI is InChI=1S/C18H28FN3O.HI/c1-20-18(21-10-6-16-4-3-5-17(19)14-16)22(2)11-7-15-8-12-23-13-9-15;/h3-5,14-15H,6-13H2,1-2H3,(H,20,21);1H. The Morgan fingerprint density at radius 1 is 1.38 bits per heavy atom. The molecule has 1 N–H and O–H groups in total. The molecule has 1 aromatic carbocycles. The molecule has 1 fully saturated rings. The molecule has 1 aliphatic rings. The maximum absolute atomic E-state index is 13.2. The molecule has 0 saturated carbocycles. The average molecular weight is 449 g/mol. The molecule has 0 aromatic heterocycles. The summed E-state index contributed by atoms with van der Waals surface area (Å²) in [5, 5.41) is 3.35. The number of guanidine groups is 1. The molecule has 0 spiro atoms. The van der Waals surface area contributed by atoms with E-state index in [-0.39, 0.29) is 29.8 Å². The predicted octanol–water partition coefficient (Wildman–Crippen LogP) is 3.31. The number of benzene rings is 1. The van der Waals surface area contributed by atoms with Gasteiger partial charge in [-0.3, -0.25) is 4.99 Å². The maximum Gasteiger partial charge on any atom is 0.193 e. The first-order valence-electron chi connectivity index (χ1n) is 8.43. The summed E-state index contributed by atoms with van der Waals surface area (Å²) >= 11 is 0. The van der Waals surface area contributed by atoms with Crippen LogP contribution in [-0.4, -0.2) is 51.3 Å². The zero-order valence-corrected chi connectivity index (χ0v) is 17.0. The summed E-state index contributed by atoms with van der Waals surface area (Å²) < 4.78 is 18.6. The van der Waals surface area contributed by atoms with Gasteiger partial charge in [0.2, 0.25) is 0 Å². The van der Waals surface area contributed by atoms with Crippen LogP contribution in [0, 0.1) is 11.7 Å². The van der Waals surface area contributed by atoms with Crippen LogP contribution in [0.15, 0.2) is 29.3 Å². The minimum atomic E-state index is -0.180. The van der Waals surface area contributed by atoms with Crippen LogP contribution in [0.3, 0.4) is 0 Å². The molecule has 0 amide bonds. The van der Waals surface area contributed by atoms with Crippen molar-refractivity contribution in [1.29, 1.82) is 0 Å². The first-order chi connectivity index (χ1) is 11.2. The molecule has 0 atom stereocenters. The Hall–Kier alpha value is -0.890. The first-order valence-corrected chi connectivity index (χ1v) is 8.43. The van der Waals surface area contributed by atoms with Gasteiger partial charge in [0.1, 0.15) is 5.82 Å². The second kappa shape index (κ2) is 11.6. The van der Waals surface area contributed by atoms with Crippen LogP contribution in [0.5, 0.6) is 0 Å². The normalized spacial score (nSPS) is 15.7. The first kappa shape index (κ1) is 21.2. The zero-order valence-electron chi connectivity index (χ0n) is 14.6. The number of ether oxygens (including phenoxy) is 1. The Kier molecular flexibility index (Phi) is 10.2. The SMILES string of the molecule is CN=C(NCCc1cccc(F)c1)N(C)CCC1CCOCC1.I. The van der Waals surface area contributed by atoms with Gasteiger partial charge in [0.25, 0.3) is 0 Å². The highest BCUT2D eigenvalue weighted by atomic mass is 127. The molecule has 6 heteroatoms. The van der Waals surface area contributed by atoms with Crippen molar-refractivity contribution in [2.45, 2.75) is 25.7 Å². The Morgan fingerprint density at radius 3 is 2.79 bits per heavy atom. The fraction of sp³-hybridized carbons (Fsp3) is 0.611. The van der Waals surface area contributed by atoms with Crippen LogP contribution in [0.25, 0.3) is 0 Å². The number of halogens is 2. The number of hydrogen-bond donors (Lipinski definition) is 1. The molecule has 4 nitrogen and oxygen atoms in total. The third kappa shape index (κ3) is 7.34. The van der Waals surface area contributed by atoms with Gasteiger partial charge in [-0.2, -0.15) is 0 Å². The van der Waals surface area contributed by atoms with E-state index >= 15 is 0 Å². The van der Waals surface area contributed by atoms with E-state index in [1.165, 1.54) is 25.3 Å². The Morgan fingerprint density at radius 2 is 2.12 bits per heavy atom. The highest BCUT2D eigenvalue weighted by Gasteiger charge is 2.15. The molecular formula is C18H29FIN3O. The van der Waals surface area contributed by atoms with Crippen LogP contribution in [0.2, 0.25) is 0 Å². The molecule has 0 radical (unpaired) electrons. The largest absolute Gasteiger partial charge is 0.381 e. The molecule has 24 heavy (non-hydrogen) atoms. The van der Waals surface area contributed by atoms with E-state index in [4.69, 9.17) is 4.74 Å². The van der Waals surface area contributed by atoms with Crippen LogP contribution in [0.1, 0.15) is 24.8 Å². The summed E-state index contributed by atoms with van der Waals surface area (Å²) in [4.78, 5) is 6.50. The molecule has 1 heterocycles. The maximum atomic E-state index is 13.2. The second-order valence-electron chi connectivity index (χ2n) is 6.12. The van der Waals surface area contributed by atoms with Gasteiger partial charge in [-0.05, 0) is 49.3 Å². The number of aliphatic imine (C=N–C) groups is 1. The third-order valence-electron chi connectivity index (χ3n) is 4.37. The van der Waals surface area contributed by atoms with Crippen molar-refractivity contribution in [3.8, 4) is 0 Å². The van der Waals surface area contributed by atoms with E-state index in [1.54, 1.807) is 19.2 Å². The van der Waals surface area contributed by atoms with Gasteiger partial charge < -0.3 is 15.0 Å². The molecule has 1 aliphatic heterocycles. The molecule has 1 saturated heterocycles. The fourth-order valence-electron chi connectivity index (χ4n) is 2.91. The highest BCUT2D eigenvalue weighted by molar-refractivity contribution is 14.0. The molecule has 0 bridgehead atoms. The van der Waals surface area contributed by atoms with Gasteiger partial charge in [-0.15, -0.1) is 24.0 Å². The summed E-state index contributed by atoms with van der Waals surface area (Å²) in [5.41, 5.74) is 0.998.